The maximum atomic E-state index is 12.3. The molecule has 0 amide bonds. The Kier molecular flexibility index (Phi) is 5.83. The quantitative estimate of drug-likeness (QED) is 0.461. The molecule has 1 fully saturated rings. The number of nitrogens with zero attached hydrogens (tertiary/aromatic N) is 4. The third-order valence-electron chi connectivity index (χ3n) is 5.93. The third-order valence-corrected chi connectivity index (χ3v) is 5.93. The van der Waals surface area contributed by atoms with Gasteiger partial charge in [0.15, 0.2) is 17.1 Å². The van der Waals surface area contributed by atoms with Gasteiger partial charge in [-0.3, -0.25) is 9.36 Å². The highest BCUT2D eigenvalue weighted by atomic mass is 16.5. The first kappa shape index (κ1) is 21.5. The van der Waals surface area contributed by atoms with Gasteiger partial charge in [-0.25, -0.2) is 9.97 Å². The molecular formula is C26H23N5O3. The molecule has 170 valence electrons. The minimum absolute atomic E-state index is 0.0447. The number of methoxy groups -OCH3 is 1. The Morgan fingerprint density at radius 3 is 2.82 bits per heavy atom. The molecule has 34 heavy (non-hydrogen) atoms. The van der Waals surface area contributed by atoms with E-state index in [4.69, 9.17) is 19.7 Å². The number of ether oxygens (including phenoxy) is 2. The van der Waals surface area contributed by atoms with Crippen molar-refractivity contribution < 1.29 is 9.47 Å². The molecule has 3 heterocycles. The Morgan fingerprint density at radius 2 is 2.06 bits per heavy atom. The molecule has 1 saturated carbocycles. The Hall–Kier alpha value is -4.38. The molecule has 8 heteroatoms. The van der Waals surface area contributed by atoms with Crippen LogP contribution in [0.15, 0.2) is 53.6 Å². The molecule has 3 aromatic heterocycles. The van der Waals surface area contributed by atoms with Gasteiger partial charge in [0.25, 0.3) is 0 Å². The molecule has 1 aliphatic carbocycles. The van der Waals surface area contributed by atoms with Crippen molar-refractivity contribution in [3.8, 4) is 23.4 Å². The molecule has 0 saturated heterocycles. The van der Waals surface area contributed by atoms with Crippen LogP contribution >= 0.6 is 0 Å². The number of aromatic nitrogens is 4. The monoisotopic (exact) mass is 453 g/mol. The number of hydrogen-bond acceptors (Lipinski definition) is 6. The van der Waals surface area contributed by atoms with Gasteiger partial charge in [-0.15, -0.1) is 0 Å². The first-order valence-corrected chi connectivity index (χ1v) is 11.2. The highest BCUT2D eigenvalue weighted by molar-refractivity contribution is 5.80. The second kappa shape index (κ2) is 9.24. The highest BCUT2D eigenvalue weighted by Gasteiger charge is 2.20. The molecule has 1 aliphatic rings. The molecule has 0 unspecified atom stereocenters. The molecule has 0 aliphatic heterocycles. The van der Waals surface area contributed by atoms with E-state index in [0.29, 0.717) is 34.3 Å². The maximum absolute atomic E-state index is 12.3. The van der Waals surface area contributed by atoms with Gasteiger partial charge >= 0.3 is 0 Å². The van der Waals surface area contributed by atoms with Crippen LogP contribution in [0.2, 0.25) is 0 Å². The van der Waals surface area contributed by atoms with E-state index in [9.17, 15) is 4.79 Å². The number of para-hydroxylation sites is 1. The number of nitrogens with one attached hydrogen (secondary N) is 1. The van der Waals surface area contributed by atoms with Crippen molar-refractivity contribution in [2.24, 2.45) is 0 Å². The molecule has 0 bridgehead atoms. The SMILES string of the molecule is COc1cccc(/C=C/c2nc3cccnc3n2-c2cc(=O)c(C#N)c[nH]2)c1OC1CCCC1. The van der Waals surface area contributed by atoms with Crippen LogP contribution in [-0.2, 0) is 0 Å². The Balaban J connectivity index is 1.60. The molecule has 0 atom stereocenters. The van der Waals surface area contributed by atoms with Gasteiger partial charge in [0, 0.05) is 24.0 Å². The van der Waals surface area contributed by atoms with Crippen LogP contribution < -0.4 is 14.9 Å². The van der Waals surface area contributed by atoms with Crippen molar-refractivity contribution in [1.29, 1.82) is 5.26 Å². The minimum atomic E-state index is -0.371. The number of pyridine rings is 2. The van der Waals surface area contributed by atoms with Crippen molar-refractivity contribution in [1.82, 2.24) is 19.5 Å². The van der Waals surface area contributed by atoms with Crippen LogP contribution in [-0.4, -0.2) is 32.7 Å². The molecule has 1 aromatic carbocycles. The Morgan fingerprint density at radius 1 is 1.21 bits per heavy atom. The van der Waals surface area contributed by atoms with Gasteiger partial charge in [-0.2, -0.15) is 5.26 Å². The fourth-order valence-electron chi connectivity index (χ4n) is 4.24. The van der Waals surface area contributed by atoms with Gasteiger partial charge in [0.2, 0.25) is 5.43 Å². The lowest BCUT2D eigenvalue weighted by molar-refractivity contribution is 0.200. The molecule has 5 rings (SSSR count). The van der Waals surface area contributed by atoms with E-state index in [2.05, 4.69) is 9.97 Å². The van der Waals surface area contributed by atoms with Crippen molar-refractivity contribution in [3.05, 3.63) is 76.0 Å². The van der Waals surface area contributed by atoms with Crippen molar-refractivity contribution in [2.75, 3.05) is 7.11 Å². The second-order valence-corrected chi connectivity index (χ2v) is 8.10. The van der Waals surface area contributed by atoms with E-state index in [1.54, 1.807) is 17.9 Å². The van der Waals surface area contributed by atoms with Crippen molar-refractivity contribution in [3.63, 3.8) is 0 Å². The summed E-state index contributed by atoms with van der Waals surface area (Å²) in [7, 11) is 1.64. The van der Waals surface area contributed by atoms with Gasteiger partial charge in [-0.1, -0.05) is 12.1 Å². The van der Waals surface area contributed by atoms with Crippen molar-refractivity contribution >= 4 is 23.3 Å². The number of rotatable bonds is 6. The number of hydrogen-bond donors (Lipinski definition) is 1. The average Bonchev–Trinajstić information content (AvgIpc) is 3.50. The molecule has 1 N–H and O–H groups in total. The fourth-order valence-corrected chi connectivity index (χ4v) is 4.24. The topological polar surface area (TPSA) is 106 Å². The minimum Gasteiger partial charge on any atom is -0.493 e. The van der Waals surface area contributed by atoms with E-state index in [0.717, 1.165) is 18.4 Å². The Labute approximate surface area is 196 Å². The first-order chi connectivity index (χ1) is 16.7. The van der Waals surface area contributed by atoms with Crippen LogP contribution in [0.4, 0.5) is 0 Å². The molecule has 0 spiro atoms. The first-order valence-electron chi connectivity index (χ1n) is 11.2. The lowest BCUT2D eigenvalue weighted by Crippen LogP contribution is -2.12. The molecule has 8 nitrogen and oxygen atoms in total. The summed E-state index contributed by atoms with van der Waals surface area (Å²) in [5, 5.41) is 9.11. The van der Waals surface area contributed by atoms with Gasteiger partial charge in [0.05, 0.1) is 13.2 Å². The van der Waals surface area contributed by atoms with Crippen molar-refractivity contribution in [2.45, 2.75) is 31.8 Å². The summed E-state index contributed by atoms with van der Waals surface area (Å²) >= 11 is 0. The average molecular weight is 454 g/mol. The standard InChI is InChI=1S/C26H23N5O3/c1-33-22-10-4-6-17(25(22)34-19-7-2-3-8-19)11-12-23-30-20-9-5-13-28-26(20)31(23)24-14-21(32)18(15-27)16-29-24/h4-6,9-14,16,19H,2-3,7-8H2,1H3,(H,29,32)/b12-11+. The zero-order chi connectivity index (χ0) is 23.5. The molecule has 4 aromatic rings. The summed E-state index contributed by atoms with van der Waals surface area (Å²) in [5.74, 6) is 2.43. The van der Waals surface area contributed by atoms with Crippen LogP contribution in [0.1, 0.15) is 42.6 Å². The fraction of sp³-hybridized carbons (Fsp3) is 0.231. The number of H-pyrrole nitrogens is 1. The number of benzene rings is 1. The van der Waals surface area contributed by atoms with E-state index in [1.165, 1.54) is 25.1 Å². The predicted octanol–water partition coefficient (Wildman–Crippen LogP) is 4.48. The second-order valence-electron chi connectivity index (χ2n) is 8.10. The zero-order valence-corrected chi connectivity index (χ0v) is 18.7. The molecule has 0 radical (unpaired) electrons. The number of imidazole rings is 1. The van der Waals surface area contributed by atoms with Crippen LogP contribution in [0, 0.1) is 11.3 Å². The number of fused-ring (bicyclic) bond motifs is 1. The summed E-state index contributed by atoms with van der Waals surface area (Å²) in [4.78, 5) is 24.5. The van der Waals surface area contributed by atoms with Crippen LogP contribution in [0.3, 0.4) is 0 Å². The summed E-state index contributed by atoms with van der Waals surface area (Å²) in [6.07, 6.45) is 11.4. The largest absolute Gasteiger partial charge is 0.493 e. The maximum Gasteiger partial charge on any atom is 0.201 e. The van der Waals surface area contributed by atoms with Gasteiger partial charge < -0.3 is 14.5 Å². The predicted molar refractivity (Wildman–Crippen MR) is 129 cm³/mol. The summed E-state index contributed by atoms with van der Waals surface area (Å²) in [6, 6.07) is 12.7. The van der Waals surface area contributed by atoms with Crippen LogP contribution in [0.5, 0.6) is 11.5 Å². The van der Waals surface area contributed by atoms with Gasteiger partial charge in [0.1, 0.15) is 28.8 Å². The summed E-state index contributed by atoms with van der Waals surface area (Å²) in [5.41, 5.74) is 1.81. The number of nitriles is 1. The van der Waals surface area contributed by atoms with E-state index in [-0.39, 0.29) is 17.1 Å². The van der Waals surface area contributed by atoms with Crippen LogP contribution in [0.25, 0.3) is 29.1 Å². The number of aromatic amines is 1. The van der Waals surface area contributed by atoms with Gasteiger partial charge in [-0.05, 0) is 56.0 Å². The van der Waals surface area contributed by atoms with E-state index >= 15 is 0 Å². The lowest BCUT2D eigenvalue weighted by atomic mass is 10.1. The van der Waals surface area contributed by atoms with E-state index in [1.807, 2.05) is 48.6 Å². The Bertz CT molecular complexity index is 1470. The smallest absolute Gasteiger partial charge is 0.201 e. The zero-order valence-electron chi connectivity index (χ0n) is 18.7. The third kappa shape index (κ3) is 4.04. The highest BCUT2D eigenvalue weighted by Crippen LogP contribution is 2.36. The summed E-state index contributed by atoms with van der Waals surface area (Å²) in [6.45, 7) is 0. The summed E-state index contributed by atoms with van der Waals surface area (Å²) < 4.78 is 13.7. The lowest BCUT2D eigenvalue weighted by Gasteiger charge is -2.18. The molecular weight excluding hydrogens is 430 g/mol. The normalized spacial score (nSPS) is 14.0. The van der Waals surface area contributed by atoms with E-state index < -0.39 is 0 Å².